The monoisotopic (exact) mass is 485 g/mol. The summed E-state index contributed by atoms with van der Waals surface area (Å²) in [7, 11) is 0. The van der Waals surface area contributed by atoms with Crippen molar-refractivity contribution in [2.75, 3.05) is 6.61 Å². The van der Waals surface area contributed by atoms with E-state index in [1.165, 1.54) is 17.2 Å². The van der Waals surface area contributed by atoms with Crippen molar-refractivity contribution in [1.82, 2.24) is 24.7 Å². The van der Waals surface area contributed by atoms with E-state index in [4.69, 9.17) is 9.84 Å². The van der Waals surface area contributed by atoms with Gasteiger partial charge in [0.25, 0.3) is 11.5 Å². The van der Waals surface area contributed by atoms with Gasteiger partial charge in [0.05, 0.1) is 22.8 Å². The van der Waals surface area contributed by atoms with Crippen LogP contribution in [0.3, 0.4) is 0 Å². The highest BCUT2D eigenvalue weighted by Gasteiger charge is 2.20. The largest absolute Gasteiger partial charge is 0.484 e. The molecule has 0 radical (unpaired) electrons. The predicted molar refractivity (Wildman–Crippen MR) is 139 cm³/mol. The molecule has 1 N–H and O–H groups in total. The van der Waals surface area contributed by atoms with Gasteiger partial charge in [-0.3, -0.25) is 9.59 Å². The first-order valence-electron chi connectivity index (χ1n) is 12.6. The summed E-state index contributed by atoms with van der Waals surface area (Å²) >= 11 is 0. The van der Waals surface area contributed by atoms with Gasteiger partial charge in [0.1, 0.15) is 11.4 Å². The first-order valence-corrected chi connectivity index (χ1v) is 12.6. The van der Waals surface area contributed by atoms with E-state index in [0.29, 0.717) is 11.4 Å². The molecule has 3 heterocycles. The molecule has 0 spiro atoms. The van der Waals surface area contributed by atoms with Crippen LogP contribution < -0.4 is 15.6 Å². The maximum absolute atomic E-state index is 12.5. The van der Waals surface area contributed by atoms with E-state index in [9.17, 15) is 9.59 Å². The van der Waals surface area contributed by atoms with Gasteiger partial charge in [-0.15, -0.1) is 0 Å². The van der Waals surface area contributed by atoms with Crippen molar-refractivity contribution in [1.29, 1.82) is 0 Å². The number of hydrogen-bond acceptors (Lipinski definition) is 5. The summed E-state index contributed by atoms with van der Waals surface area (Å²) in [6.07, 6.45) is 7.45. The molecule has 0 atom stereocenters. The van der Waals surface area contributed by atoms with Gasteiger partial charge in [-0.25, -0.2) is 9.20 Å². The number of aromatic nitrogens is 4. The van der Waals surface area contributed by atoms with Gasteiger partial charge in [-0.2, -0.15) is 10.2 Å². The number of ether oxygens (including phenoxy) is 1. The maximum atomic E-state index is 12.5. The Bertz CT molecular complexity index is 1420. The van der Waals surface area contributed by atoms with Gasteiger partial charge in [0, 0.05) is 29.9 Å². The van der Waals surface area contributed by atoms with Crippen molar-refractivity contribution >= 4 is 11.4 Å². The first kappa shape index (κ1) is 23.8. The number of carbonyl (C=O) groups excluding carboxylic acids is 1. The molecule has 1 aromatic carbocycles. The number of pyridine rings is 1. The fourth-order valence-corrected chi connectivity index (χ4v) is 4.76. The minimum atomic E-state index is -0.153. The van der Waals surface area contributed by atoms with E-state index < -0.39 is 0 Å². The molecule has 0 saturated heterocycles. The van der Waals surface area contributed by atoms with Gasteiger partial charge >= 0.3 is 0 Å². The second-order valence-electron chi connectivity index (χ2n) is 9.57. The Hall–Kier alpha value is -3.94. The molecule has 186 valence electrons. The molecule has 0 unspecified atom stereocenters. The van der Waals surface area contributed by atoms with E-state index in [0.717, 1.165) is 48.0 Å². The topological polar surface area (TPSA) is 90.5 Å². The number of rotatable bonds is 7. The summed E-state index contributed by atoms with van der Waals surface area (Å²) in [4.78, 5) is 24.8. The molecular weight excluding hydrogens is 454 g/mol. The molecule has 0 bridgehead atoms. The molecule has 1 fully saturated rings. The molecule has 1 aliphatic carbocycles. The van der Waals surface area contributed by atoms with Crippen molar-refractivity contribution in [3.8, 4) is 28.3 Å². The summed E-state index contributed by atoms with van der Waals surface area (Å²) in [5, 5.41) is 12.6. The molecule has 36 heavy (non-hydrogen) atoms. The van der Waals surface area contributed by atoms with Crippen LogP contribution >= 0.6 is 0 Å². The molecule has 5 rings (SSSR count). The zero-order valence-corrected chi connectivity index (χ0v) is 20.7. The Balaban J connectivity index is 1.50. The summed E-state index contributed by atoms with van der Waals surface area (Å²) in [6.45, 7) is 3.81. The quantitative estimate of drug-likeness (QED) is 0.412. The molecular formula is C28H31N5O3. The van der Waals surface area contributed by atoms with Crippen LogP contribution in [0.2, 0.25) is 0 Å². The lowest BCUT2D eigenvalue weighted by Gasteiger charge is -2.22. The minimum Gasteiger partial charge on any atom is -0.484 e. The fourth-order valence-electron chi connectivity index (χ4n) is 4.76. The second kappa shape index (κ2) is 10.4. The number of amides is 1. The standard InChI is InChI=1S/C28H31N5O3/c1-19(2)33-26(35)14-13-23(30-33)27-24-17-22(36-18-25(34)29-21-11-7-4-8-12-21)15-16-32(24)31-28(27)20-9-5-3-6-10-20/h3,5-6,9-10,13-17,19,21H,4,7-8,11-12,18H2,1-2H3,(H,29,34). The van der Waals surface area contributed by atoms with Gasteiger partial charge in [0.2, 0.25) is 0 Å². The molecule has 8 nitrogen and oxygen atoms in total. The molecule has 1 saturated carbocycles. The van der Waals surface area contributed by atoms with E-state index in [-0.39, 0.29) is 30.2 Å². The third-order valence-electron chi connectivity index (χ3n) is 6.56. The van der Waals surface area contributed by atoms with E-state index in [1.807, 2.05) is 56.4 Å². The SMILES string of the molecule is CC(C)n1nc(-c2c(-c3ccccc3)nn3ccc(OCC(=O)NC4CCCCC4)cc23)ccc1=O. The molecule has 4 aromatic rings. The number of nitrogens with zero attached hydrogens (tertiary/aromatic N) is 4. The highest BCUT2D eigenvalue weighted by Crippen LogP contribution is 2.35. The third kappa shape index (κ3) is 5.03. The second-order valence-corrected chi connectivity index (χ2v) is 9.57. The van der Waals surface area contributed by atoms with E-state index in [2.05, 4.69) is 10.4 Å². The van der Waals surface area contributed by atoms with Crippen LogP contribution in [0.1, 0.15) is 52.0 Å². The van der Waals surface area contributed by atoms with Crippen molar-refractivity contribution < 1.29 is 9.53 Å². The normalized spacial score (nSPS) is 14.3. The highest BCUT2D eigenvalue weighted by atomic mass is 16.5. The van der Waals surface area contributed by atoms with E-state index >= 15 is 0 Å². The average Bonchev–Trinajstić information content (AvgIpc) is 3.27. The molecule has 0 aliphatic heterocycles. The third-order valence-corrected chi connectivity index (χ3v) is 6.56. The summed E-state index contributed by atoms with van der Waals surface area (Å²) in [5.41, 5.74) is 3.76. The Morgan fingerprint density at radius 3 is 2.58 bits per heavy atom. The van der Waals surface area contributed by atoms with Crippen molar-refractivity contribution in [3.05, 3.63) is 71.1 Å². The molecule has 1 aliphatic rings. The average molecular weight is 486 g/mol. The Morgan fingerprint density at radius 1 is 1.06 bits per heavy atom. The zero-order valence-electron chi connectivity index (χ0n) is 20.7. The first-order chi connectivity index (χ1) is 17.5. The Morgan fingerprint density at radius 2 is 1.83 bits per heavy atom. The Labute approximate surface area is 209 Å². The number of nitrogens with one attached hydrogen (secondary N) is 1. The van der Waals surface area contributed by atoms with E-state index in [1.54, 1.807) is 16.6 Å². The van der Waals surface area contributed by atoms with Crippen LogP contribution in [0.5, 0.6) is 5.75 Å². The van der Waals surface area contributed by atoms with Crippen LogP contribution in [-0.4, -0.2) is 38.0 Å². The molecule has 3 aromatic heterocycles. The van der Waals surface area contributed by atoms with Gasteiger partial charge in [0.15, 0.2) is 6.61 Å². The van der Waals surface area contributed by atoms with Crippen LogP contribution in [0, 0.1) is 0 Å². The lowest BCUT2D eigenvalue weighted by Crippen LogP contribution is -2.38. The Kier molecular flexibility index (Phi) is 6.84. The number of benzene rings is 1. The number of hydrogen-bond donors (Lipinski definition) is 1. The van der Waals surface area contributed by atoms with Crippen molar-refractivity contribution in [2.24, 2.45) is 0 Å². The smallest absolute Gasteiger partial charge is 0.267 e. The summed E-state index contributed by atoms with van der Waals surface area (Å²) < 4.78 is 9.13. The number of fused-ring (bicyclic) bond motifs is 1. The maximum Gasteiger partial charge on any atom is 0.267 e. The zero-order chi connectivity index (χ0) is 25.1. The molecule has 1 amide bonds. The minimum absolute atomic E-state index is 0.0435. The van der Waals surface area contributed by atoms with Crippen LogP contribution in [-0.2, 0) is 4.79 Å². The van der Waals surface area contributed by atoms with Gasteiger partial charge in [-0.05, 0) is 38.8 Å². The fraction of sp³-hybridized carbons (Fsp3) is 0.357. The van der Waals surface area contributed by atoms with Crippen LogP contribution in [0.25, 0.3) is 28.0 Å². The van der Waals surface area contributed by atoms with Crippen LogP contribution in [0.15, 0.2) is 65.6 Å². The van der Waals surface area contributed by atoms with Crippen LogP contribution in [0.4, 0.5) is 0 Å². The lowest BCUT2D eigenvalue weighted by molar-refractivity contribution is -0.124. The van der Waals surface area contributed by atoms with Gasteiger partial charge in [-0.1, -0.05) is 49.6 Å². The van der Waals surface area contributed by atoms with Gasteiger partial charge < -0.3 is 10.1 Å². The predicted octanol–water partition coefficient (Wildman–Crippen LogP) is 4.63. The summed E-state index contributed by atoms with van der Waals surface area (Å²) in [5.74, 6) is 0.463. The molecule has 8 heteroatoms. The highest BCUT2D eigenvalue weighted by molar-refractivity contribution is 5.91. The van der Waals surface area contributed by atoms with Crippen molar-refractivity contribution in [2.45, 2.75) is 58.0 Å². The van der Waals surface area contributed by atoms with Crippen molar-refractivity contribution in [3.63, 3.8) is 0 Å². The lowest BCUT2D eigenvalue weighted by atomic mass is 9.95. The number of carbonyl (C=O) groups is 1. The summed E-state index contributed by atoms with van der Waals surface area (Å²) in [6, 6.07) is 17.0.